The third-order valence-corrected chi connectivity index (χ3v) is 4.43. The van der Waals surface area contributed by atoms with Crippen molar-refractivity contribution in [3.8, 4) is 0 Å². The van der Waals surface area contributed by atoms with Crippen molar-refractivity contribution in [3.63, 3.8) is 0 Å². The SMILES string of the molecule is CN(CCN(C)C1CC1)C(=O)c1nc(Cl)sc1Cl. The summed E-state index contributed by atoms with van der Waals surface area (Å²) in [4.78, 5) is 20.0. The number of likely N-dealkylation sites (N-methyl/N-ethyl adjacent to an activating group) is 2. The third kappa shape index (κ3) is 3.35. The Morgan fingerprint density at radius 1 is 1.39 bits per heavy atom. The number of hydrogen-bond donors (Lipinski definition) is 0. The Labute approximate surface area is 120 Å². The van der Waals surface area contributed by atoms with Crippen molar-refractivity contribution in [2.45, 2.75) is 18.9 Å². The molecular formula is C11H15Cl2N3OS. The van der Waals surface area contributed by atoms with Gasteiger partial charge in [0.05, 0.1) is 0 Å². The van der Waals surface area contributed by atoms with Gasteiger partial charge in [0.1, 0.15) is 4.34 Å². The predicted molar refractivity (Wildman–Crippen MR) is 74.7 cm³/mol. The zero-order chi connectivity index (χ0) is 13.3. The molecule has 0 bridgehead atoms. The Hall–Kier alpha value is -0.360. The number of halogens is 2. The van der Waals surface area contributed by atoms with E-state index in [1.807, 2.05) is 0 Å². The van der Waals surface area contributed by atoms with Crippen molar-refractivity contribution < 1.29 is 4.79 Å². The fraction of sp³-hybridized carbons (Fsp3) is 0.636. The van der Waals surface area contributed by atoms with Crippen molar-refractivity contribution in [2.75, 3.05) is 27.2 Å². The molecule has 100 valence electrons. The number of thiazole rings is 1. The molecular weight excluding hydrogens is 293 g/mol. The van der Waals surface area contributed by atoms with Crippen LogP contribution in [-0.2, 0) is 0 Å². The molecule has 4 nitrogen and oxygen atoms in total. The molecule has 0 radical (unpaired) electrons. The number of rotatable bonds is 5. The highest BCUT2D eigenvalue weighted by Crippen LogP contribution is 2.28. The lowest BCUT2D eigenvalue weighted by molar-refractivity contribution is 0.0776. The smallest absolute Gasteiger partial charge is 0.274 e. The second kappa shape index (κ2) is 5.74. The maximum Gasteiger partial charge on any atom is 0.274 e. The highest BCUT2D eigenvalue weighted by molar-refractivity contribution is 7.19. The minimum absolute atomic E-state index is 0.174. The van der Waals surface area contributed by atoms with Crippen molar-refractivity contribution in [1.29, 1.82) is 0 Å². The van der Waals surface area contributed by atoms with Gasteiger partial charge < -0.3 is 9.80 Å². The summed E-state index contributed by atoms with van der Waals surface area (Å²) in [6, 6.07) is 0.700. The normalized spacial score (nSPS) is 15.2. The van der Waals surface area contributed by atoms with Crippen molar-refractivity contribution >= 4 is 40.4 Å². The van der Waals surface area contributed by atoms with E-state index >= 15 is 0 Å². The Morgan fingerprint density at radius 3 is 2.56 bits per heavy atom. The van der Waals surface area contributed by atoms with E-state index in [4.69, 9.17) is 23.2 Å². The van der Waals surface area contributed by atoms with E-state index in [-0.39, 0.29) is 11.6 Å². The van der Waals surface area contributed by atoms with Crippen LogP contribution in [0.2, 0.25) is 8.80 Å². The summed E-state index contributed by atoms with van der Waals surface area (Å²) in [5, 5.41) is 0. The summed E-state index contributed by atoms with van der Waals surface area (Å²) in [6.45, 7) is 1.53. The van der Waals surface area contributed by atoms with Gasteiger partial charge in [-0.1, -0.05) is 34.5 Å². The maximum absolute atomic E-state index is 12.1. The molecule has 1 amide bonds. The minimum atomic E-state index is -0.174. The molecule has 1 heterocycles. The van der Waals surface area contributed by atoms with E-state index in [1.165, 1.54) is 12.8 Å². The number of hydrogen-bond acceptors (Lipinski definition) is 4. The third-order valence-electron chi connectivity index (χ3n) is 3.07. The second-order valence-corrected chi connectivity index (χ2v) is 6.71. The molecule has 18 heavy (non-hydrogen) atoms. The monoisotopic (exact) mass is 307 g/mol. The van der Waals surface area contributed by atoms with Crippen LogP contribution >= 0.6 is 34.5 Å². The van der Waals surface area contributed by atoms with E-state index in [2.05, 4.69) is 16.9 Å². The summed E-state index contributed by atoms with van der Waals surface area (Å²) in [7, 11) is 3.84. The van der Waals surface area contributed by atoms with Crippen LogP contribution in [0.5, 0.6) is 0 Å². The van der Waals surface area contributed by atoms with Gasteiger partial charge in [-0.3, -0.25) is 4.79 Å². The van der Waals surface area contributed by atoms with Gasteiger partial charge >= 0.3 is 0 Å². The average molecular weight is 308 g/mol. The first kappa shape index (κ1) is 14.1. The molecule has 7 heteroatoms. The topological polar surface area (TPSA) is 36.4 Å². The summed E-state index contributed by atoms with van der Waals surface area (Å²) in [5.41, 5.74) is 0.253. The molecule has 0 spiro atoms. The molecule has 1 aromatic rings. The fourth-order valence-electron chi connectivity index (χ4n) is 1.70. The molecule has 1 aromatic heterocycles. The van der Waals surface area contributed by atoms with Crippen LogP contribution in [0.1, 0.15) is 23.3 Å². The molecule has 2 rings (SSSR count). The Morgan fingerprint density at radius 2 is 2.06 bits per heavy atom. The molecule has 1 saturated carbocycles. The zero-order valence-electron chi connectivity index (χ0n) is 10.3. The highest BCUT2D eigenvalue weighted by Gasteiger charge is 2.26. The van der Waals surface area contributed by atoms with E-state index < -0.39 is 0 Å². The molecule has 1 aliphatic rings. The van der Waals surface area contributed by atoms with Crippen molar-refractivity contribution in [2.24, 2.45) is 0 Å². The number of aromatic nitrogens is 1. The maximum atomic E-state index is 12.1. The molecule has 1 fully saturated rings. The van der Waals surface area contributed by atoms with Gasteiger partial charge in [-0.25, -0.2) is 4.98 Å². The largest absolute Gasteiger partial charge is 0.339 e. The molecule has 0 unspecified atom stereocenters. The Kier molecular flexibility index (Phi) is 4.48. The molecule has 0 saturated heterocycles. The van der Waals surface area contributed by atoms with E-state index in [9.17, 15) is 4.79 Å². The first-order valence-electron chi connectivity index (χ1n) is 5.76. The van der Waals surface area contributed by atoms with Crippen LogP contribution < -0.4 is 0 Å². The lowest BCUT2D eigenvalue weighted by Crippen LogP contribution is -2.35. The van der Waals surface area contributed by atoms with Crippen molar-refractivity contribution in [1.82, 2.24) is 14.8 Å². The van der Waals surface area contributed by atoms with Crippen LogP contribution in [0.25, 0.3) is 0 Å². The summed E-state index contributed by atoms with van der Waals surface area (Å²) in [5.74, 6) is -0.174. The second-order valence-electron chi connectivity index (χ2n) is 4.53. The molecule has 0 atom stereocenters. The highest BCUT2D eigenvalue weighted by atomic mass is 35.5. The summed E-state index contributed by atoms with van der Waals surface area (Å²) in [6.07, 6.45) is 2.53. The summed E-state index contributed by atoms with van der Waals surface area (Å²) >= 11 is 12.8. The quantitative estimate of drug-likeness (QED) is 0.839. The van der Waals surface area contributed by atoms with Gasteiger partial charge in [-0.15, -0.1) is 0 Å². The van der Waals surface area contributed by atoms with Crippen LogP contribution in [0, 0.1) is 0 Å². The van der Waals surface area contributed by atoms with Crippen LogP contribution in [0.3, 0.4) is 0 Å². The van der Waals surface area contributed by atoms with Gasteiger partial charge in [0, 0.05) is 26.2 Å². The standard InChI is InChI=1S/C11H15Cl2N3OS/c1-15(7-3-4-7)5-6-16(2)10(17)8-9(12)18-11(13)14-8/h7H,3-6H2,1-2H3. The van der Waals surface area contributed by atoms with Gasteiger partial charge in [-0.05, 0) is 19.9 Å². The summed E-state index contributed by atoms with van der Waals surface area (Å²) < 4.78 is 0.652. The first-order chi connectivity index (χ1) is 8.49. The average Bonchev–Trinajstić information content (AvgIpc) is 3.11. The molecule has 0 N–H and O–H groups in total. The van der Waals surface area contributed by atoms with Gasteiger partial charge in [0.15, 0.2) is 10.2 Å². The lowest BCUT2D eigenvalue weighted by Gasteiger charge is -2.21. The number of carbonyl (C=O) groups excluding carboxylic acids is 1. The predicted octanol–water partition coefficient (Wildman–Crippen LogP) is 2.62. The molecule has 1 aliphatic carbocycles. The Balaban J connectivity index is 1.89. The van der Waals surface area contributed by atoms with E-state index in [0.717, 1.165) is 17.9 Å². The van der Waals surface area contributed by atoms with Gasteiger partial charge in [-0.2, -0.15) is 0 Å². The van der Waals surface area contributed by atoms with Crippen LogP contribution in [0.15, 0.2) is 0 Å². The van der Waals surface area contributed by atoms with Crippen LogP contribution in [-0.4, -0.2) is 53.9 Å². The van der Waals surface area contributed by atoms with Crippen molar-refractivity contribution in [3.05, 3.63) is 14.5 Å². The van der Waals surface area contributed by atoms with Gasteiger partial charge in [0.25, 0.3) is 5.91 Å². The fourth-order valence-corrected chi connectivity index (χ4v) is 2.99. The molecule has 0 aromatic carbocycles. The number of amides is 1. The zero-order valence-corrected chi connectivity index (χ0v) is 12.6. The number of carbonyl (C=O) groups is 1. The minimum Gasteiger partial charge on any atom is -0.339 e. The van der Waals surface area contributed by atoms with Crippen LogP contribution in [0.4, 0.5) is 0 Å². The molecule has 0 aliphatic heterocycles. The van der Waals surface area contributed by atoms with Gasteiger partial charge in [0.2, 0.25) is 0 Å². The Bertz CT molecular complexity index is 447. The first-order valence-corrected chi connectivity index (χ1v) is 7.34. The lowest BCUT2D eigenvalue weighted by atomic mass is 10.4. The number of nitrogens with zero attached hydrogens (tertiary/aromatic N) is 3. The van der Waals surface area contributed by atoms with E-state index in [0.29, 0.717) is 21.4 Å². The van der Waals surface area contributed by atoms with E-state index in [1.54, 1.807) is 11.9 Å².